The number of nitrogen functional groups attached to an aromatic ring is 1. The molecule has 16 heavy (non-hydrogen) atoms. The first-order valence-corrected chi connectivity index (χ1v) is 5.09. The van der Waals surface area contributed by atoms with Crippen LogP contribution in [0.15, 0.2) is 18.2 Å². The van der Waals surface area contributed by atoms with Gasteiger partial charge in [-0.1, -0.05) is 0 Å². The predicted molar refractivity (Wildman–Crippen MR) is 57.3 cm³/mol. The number of nitrogens with two attached hydrogens (primary N) is 1. The molecule has 1 atom stereocenters. The molecule has 0 saturated carbocycles. The average Bonchev–Trinajstić information content (AvgIpc) is 2.62. The van der Waals surface area contributed by atoms with Gasteiger partial charge in [-0.3, -0.25) is 4.79 Å². The molecule has 0 unspecified atom stereocenters. The quantitative estimate of drug-likeness (QED) is 0.687. The van der Waals surface area contributed by atoms with Crippen molar-refractivity contribution in [3.8, 4) is 0 Å². The van der Waals surface area contributed by atoms with E-state index in [1.165, 1.54) is 11.0 Å². The van der Waals surface area contributed by atoms with Crippen LogP contribution in [0.3, 0.4) is 0 Å². The normalized spacial score (nSPS) is 20.1. The second kappa shape index (κ2) is 4.09. The smallest absolute Gasteiger partial charge is 0.254 e. The number of hydrogen-bond donors (Lipinski definition) is 2. The highest BCUT2D eigenvalue weighted by Gasteiger charge is 2.25. The van der Waals surface area contributed by atoms with Gasteiger partial charge < -0.3 is 15.7 Å². The Bertz CT molecular complexity index is 402. The number of amides is 1. The molecule has 1 amide bonds. The summed E-state index contributed by atoms with van der Waals surface area (Å²) in [6.07, 6.45) is 0.0890. The monoisotopic (exact) mass is 224 g/mol. The van der Waals surface area contributed by atoms with E-state index in [1.807, 2.05) is 0 Å². The fraction of sp³-hybridized carbons (Fsp3) is 0.364. The van der Waals surface area contributed by atoms with E-state index in [0.717, 1.165) is 12.1 Å². The number of nitrogens with zero attached hydrogens (tertiary/aromatic N) is 1. The average molecular weight is 224 g/mol. The Balaban J connectivity index is 2.20. The first kappa shape index (κ1) is 10.9. The number of aliphatic hydroxyl groups is 1. The minimum atomic E-state index is -0.525. The number of benzene rings is 1. The maximum absolute atomic E-state index is 13.1. The molecule has 0 aromatic heterocycles. The van der Waals surface area contributed by atoms with Crippen LogP contribution in [0, 0.1) is 5.82 Å². The van der Waals surface area contributed by atoms with Crippen LogP contribution >= 0.6 is 0 Å². The van der Waals surface area contributed by atoms with Crippen molar-refractivity contribution in [1.29, 1.82) is 0 Å². The molecule has 86 valence electrons. The summed E-state index contributed by atoms with van der Waals surface area (Å²) in [6.45, 7) is 0.797. The van der Waals surface area contributed by atoms with Crippen LogP contribution in [-0.2, 0) is 0 Å². The van der Waals surface area contributed by atoms with Crippen LogP contribution in [0.4, 0.5) is 10.1 Å². The van der Waals surface area contributed by atoms with Crippen LogP contribution in [0.5, 0.6) is 0 Å². The van der Waals surface area contributed by atoms with Gasteiger partial charge in [0, 0.05) is 24.3 Å². The van der Waals surface area contributed by atoms with E-state index >= 15 is 0 Å². The highest BCUT2D eigenvalue weighted by Crippen LogP contribution is 2.16. The number of halogens is 1. The van der Waals surface area contributed by atoms with Gasteiger partial charge in [-0.25, -0.2) is 4.39 Å². The van der Waals surface area contributed by atoms with Crippen molar-refractivity contribution in [2.24, 2.45) is 0 Å². The molecule has 1 aromatic carbocycles. The summed E-state index contributed by atoms with van der Waals surface area (Å²) in [7, 11) is 0. The lowest BCUT2D eigenvalue weighted by atomic mass is 10.1. The van der Waals surface area contributed by atoms with E-state index in [4.69, 9.17) is 5.73 Å². The molecule has 0 bridgehead atoms. The molecule has 3 N–H and O–H groups in total. The van der Waals surface area contributed by atoms with Gasteiger partial charge in [0.1, 0.15) is 5.82 Å². The van der Waals surface area contributed by atoms with Gasteiger partial charge in [0.2, 0.25) is 0 Å². The van der Waals surface area contributed by atoms with Crippen molar-refractivity contribution in [2.45, 2.75) is 12.5 Å². The second-order valence-electron chi connectivity index (χ2n) is 3.97. The summed E-state index contributed by atoms with van der Waals surface area (Å²) in [4.78, 5) is 13.4. The lowest BCUT2D eigenvalue weighted by Crippen LogP contribution is -2.29. The van der Waals surface area contributed by atoms with E-state index in [0.29, 0.717) is 19.5 Å². The number of carbonyl (C=O) groups excluding carboxylic acids is 1. The maximum Gasteiger partial charge on any atom is 0.254 e. The van der Waals surface area contributed by atoms with Crippen molar-refractivity contribution < 1.29 is 14.3 Å². The number of hydrogen-bond acceptors (Lipinski definition) is 3. The maximum atomic E-state index is 13.1. The molecule has 0 aliphatic carbocycles. The largest absolute Gasteiger partial charge is 0.399 e. The molecule has 1 fully saturated rings. The van der Waals surface area contributed by atoms with Crippen molar-refractivity contribution >= 4 is 11.6 Å². The third-order valence-corrected chi connectivity index (χ3v) is 2.62. The number of carbonyl (C=O) groups is 1. The summed E-state index contributed by atoms with van der Waals surface area (Å²) >= 11 is 0. The second-order valence-corrected chi connectivity index (χ2v) is 3.97. The van der Waals surface area contributed by atoms with Gasteiger partial charge in [0.25, 0.3) is 5.91 Å². The van der Waals surface area contributed by atoms with E-state index < -0.39 is 11.9 Å². The molecular weight excluding hydrogens is 211 g/mol. The Morgan fingerprint density at radius 2 is 2.25 bits per heavy atom. The molecule has 0 spiro atoms. The van der Waals surface area contributed by atoms with Crippen molar-refractivity contribution in [3.63, 3.8) is 0 Å². The third-order valence-electron chi connectivity index (χ3n) is 2.62. The van der Waals surface area contributed by atoms with Gasteiger partial charge >= 0.3 is 0 Å². The number of β-amino-alcohol motifs (C(OH)–C–C–N with tert-alkyl or cyclic N) is 1. The van der Waals surface area contributed by atoms with E-state index in [-0.39, 0.29) is 17.2 Å². The van der Waals surface area contributed by atoms with Crippen molar-refractivity contribution in [3.05, 3.63) is 29.6 Å². The highest BCUT2D eigenvalue weighted by atomic mass is 19.1. The first-order valence-electron chi connectivity index (χ1n) is 5.09. The topological polar surface area (TPSA) is 66.6 Å². The lowest BCUT2D eigenvalue weighted by Gasteiger charge is -2.15. The molecule has 2 rings (SSSR count). The number of rotatable bonds is 1. The number of likely N-dealkylation sites (tertiary alicyclic amines) is 1. The Morgan fingerprint density at radius 1 is 1.50 bits per heavy atom. The van der Waals surface area contributed by atoms with Crippen LogP contribution in [0.2, 0.25) is 0 Å². The van der Waals surface area contributed by atoms with Crippen molar-refractivity contribution in [2.75, 3.05) is 18.8 Å². The Kier molecular flexibility index (Phi) is 2.78. The number of aliphatic hydroxyl groups excluding tert-OH is 1. The van der Waals surface area contributed by atoms with Gasteiger partial charge in [0.15, 0.2) is 0 Å². The summed E-state index contributed by atoms with van der Waals surface area (Å²) in [5.74, 6) is -0.814. The minimum Gasteiger partial charge on any atom is -0.399 e. The fourth-order valence-electron chi connectivity index (χ4n) is 1.84. The lowest BCUT2D eigenvalue weighted by molar-refractivity contribution is 0.0764. The molecule has 5 heteroatoms. The zero-order valence-electron chi connectivity index (χ0n) is 8.69. The minimum absolute atomic E-state index is 0.225. The number of anilines is 1. The Labute approximate surface area is 92.5 Å². The summed E-state index contributed by atoms with van der Waals surface area (Å²) < 4.78 is 13.1. The third kappa shape index (κ3) is 2.14. The molecule has 4 nitrogen and oxygen atoms in total. The Morgan fingerprint density at radius 3 is 2.81 bits per heavy atom. The van der Waals surface area contributed by atoms with Crippen LogP contribution in [0.1, 0.15) is 16.8 Å². The summed E-state index contributed by atoms with van der Waals surface area (Å²) in [6, 6.07) is 3.76. The van der Waals surface area contributed by atoms with Crippen LogP contribution < -0.4 is 5.73 Å². The molecular formula is C11H13FN2O2. The molecule has 1 saturated heterocycles. The summed E-state index contributed by atoms with van der Waals surface area (Å²) in [5, 5.41) is 9.31. The fourth-order valence-corrected chi connectivity index (χ4v) is 1.84. The van der Waals surface area contributed by atoms with Gasteiger partial charge in [0.05, 0.1) is 6.10 Å². The van der Waals surface area contributed by atoms with E-state index in [2.05, 4.69) is 0 Å². The van der Waals surface area contributed by atoms with Gasteiger partial charge in [-0.2, -0.15) is 0 Å². The standard InChI is InChI=1S/C11H13FN2O2/c12-8-3-7(4-9(13)5-8)11(16)14-2-1-10(15)6-14/h3-5,10,15H,1-2,6,13H2/t10-/m1/s1. The van der Waals surface area contributed by atoms with E-state index in [1.54, 1.807) is 0 Å². The molecule has 1 aliphatic heterocycles. The van der Waals surface area contributed by atoms with Gasteiger partial charge in [-0.05, 0) is 24.6 Å². The first-order chi connectivity index (χ1) is 7.56. The van der Waals surface area contributed by atoms with E-state index in [9.17, 15) is 14.3 Å². The molecule has 1 heterocycles. The predicted octanol–water partition coefficient (Wildman–Crippen LogP) is 0.615. The summed E-state index contributed by atoms with van der Waals surface area (Å²) in [5.41, 5.74) is 5.92. The SMILES string of the molecule is Nc1cc(F)cc(C(=O)N2CC[C@@H](O)C2)c1. The molecule has 1 aromatic rings. The molecule has 1 aliphatic rings. The van der Waals surface area contributed by atoms with Crippen molar-refractivity contribution in [1.82, 2.24) is 4.90 Å². The molecule has 0 radical (unpaired) electrons. The van der Waals surface area contributed by atoms with Crippen LogP contribution in [0.25, 0.3) is 0 Å². The zero-order valence-corrected chi connectivity index (χ0v) is 8.69. The van der Waals surface area contributed by atoms with Gasteiger partial charge in [-0.15, -0.1) is 0 Å². The highest BCUT2D eigenvalue weighted by molar-refractivity contribution is 5.95. The Hall–Kier alpha value is -1.62. The zero-order chi connectivity index (χ0) is 11.7. The van der Waals surface area contributed by atoms with Crippen LogP contribution in [-0.4, -0.2) is 35.1 Å².